The van der Waals surface area contributed by atoms with Crippen LogP contribution in [-0.4, -0.2) is 12.6 Å². The molecule has 0 radical (unpaired) electrons. The lowest BCUT2D eigenvalue weighted by atomic mass is 9.98. The molecular formula is C16H12F4O2. The molecule has 116 valence electrons. The number of carbonyl (C=O) groups excluding carboxylic acids is 1. The molecule has 22 heavy (non-hydrogen) atoms. The Bertz CT molecular complexity index is 676. The number of alkyl halides is 3. The van der Waals surface area contributed by atoms with Gasteiger partial charge < -0.3 is 4.74 Å². The van der Waals surface area contributed by atoms with Gasteiger partial charge in [-0.2, -0.15) is 13.2 Å². The summed E-state index contributed by atoms with van der Waals surface area (Å²) in [5.41, 5.74) is -0.226. The van der Waals surface area contributed by atoms with Crippen LogP contribution in [0.4, 0.5) is 17.6 Å². The summed E-state index contributed by atoms with van der Waals surface area (Å²) in [5, 5.41) is 0. The minimum Gasteiger partial charge on any atom is -0.462 e. The molecule has 0 fully saturated rings. The van der Waals surface area contributed by atoms with E-state index in [-0.39, 0.29) is 17.7 Å². The lowest BCUT2D eigenvalue weighted by molar-refractivity contribution is -0.137. The molecule has 2 aromatic carbocycles. The zero-order chi connectivity index (χ0) is 16.3. The summed E-state index contributed by atoms with van der Waals surface area (Å²) >= 11 is 0. The van der Waals surface area contributed by atoms with Gasteiger partial charge in [-0.25, -0.2) is 9.18 Å². The van der Waals surface area contributed by atoms with E-state index in [0.717, 1.165) is 24.3 Å². The van der Waals surface area contributed by atoms with Crippen molar-refractivity contribution in [3.63, 3.8) is 0 Å². The standard InChI is InChI=1S/C16H12F4O2/c1-2-22-15(21)13-8-7-12(17)9-14(13)10-3-5-11(6-4-10)16(18,19)20/h3-9H,2H2,1H3. The average Bonchev–Trinajstić information content (AvgIpc) is 2.46. The fraction of sp³-hybridized carbons (Fsp3) is 0.188. The van der Waals surface area contributed by atoms with Gasteiger partial charge in [-0.15, -0.1) is 0 Å². The number of rotatable bonds is 3. The Morgan fingerprint density at radius 1 is 1.09 bits per heavy atom. The van der Waals surface area contributed by atoms with Crippen molar-refractivity contribution in [2.45, 2.75) is 13.1 Å². The summed E-state index contributed by atoms with van der Waals surface area (Å²) in [7, 11) is 0. The van der Waals surface area contributed by atoms with Crippen LogP contribution in [0.25, 0.3) is 11.1 Å². The molecule has 0 aliphatic carbocycles. The Morgan fingerprint density at radius 2 is 1.73 bits per heavy atom. The molecule has 0 aliphatic heterocycles. The van der Waals surface area contributed by atoms with Crippen LogP contribution in [0.1, 0.15) is 22.8 Å². The number of ether oxygens (including phenoxy) is 1. The molecule has 0 unspecified atom stereocenters. The van der Waals surface area contributed by atoms with Gasteiger partial charge in [0.2, 0.25) is 0 Å². The molecule has 0 saturated heterocycles. The molecule has 0 aliphatic rings. The van der Waals surface area contributed by atoms with Gasteiger partial charge in [0.15, 0.2) is 0 Å². The van der Waals surface area contributed by atoms with E-state index in [2.05, 4.69) is 0 Å². The monoisotopic (exact) mass is 312 g/mol. The van der Waals surface area contributed by atoms with Crippen molar-refractivity contribution < 1.29 is 27.1 Å². The molecule has 0 spiro atoms. The average molecular weight is 312 g/mol. The zero-order valence-electron chi connectivity index (χ0n) is 11.6. The zero-order valence-corrected chi connectivity index (χ0v) is 11.6. The Labute approximate surface area is 124 Å². The Hall–Kier alpha value is -2.37. The maximum atomic E-state index is 13.4. The summed E-state index contributed by atoms with van der Waals surface area (Å²) in [6, 6.07) is 7.60. The molecule has 0 amide bonds. The first-order valence-corrected chi connectivity index (χ1v) is 6.47. The lowest BCUT2D eigenvalue weighted by Gasteiger charge is -2.11. The van der Waals surface area contributed by atoms with Crippen molar-refractivity contribution in [1.82, 2.24) is 0 Å². The normalized spacial score (nSPS) is 11.3. The molecule has 0 bridgehead atoms. The second-order valence-corrected chi connectivity index (χ2v) is 4.49. The minimum atomic E-state index is -4.45. The van der Waals surface area contributed by atoms with Crippen LogP contribution in [0.5, 0.6) is 0 Å². The topological polar surface area (TPSA) is 26.3 Å². The summed E-state index contributed by atoms with van der Waals surface area (Å²) in [6.45, 7) is 1.77. The van der Waals surface area contributed by atoms with Crippen LogP contribution in [0.2, 0.25) is 0 Å². The van der Waals surface area contributed by atoms with E-state index in [1.807, 2.05) is 0 Å². The van der Waals surface area contributed by atoms with Crippen molar-refractivity contribution in [3.05, 3.63) is 59.4 Å². The second kappa shape index (κ2) is 6.17. The van der Waals surface area contributed by atoms with Crippen molar-refractivity contribution in [1.29, 1.82) is 0 Å². The van der Waals surface area contributed by atoms with E-state index in [0.29, 0.717) is 5.56 Å². The summed E-state index contributed by atoms with van der Waals surface area (Å²) < 4.78 is 56.0. The van der Waals surface area contributed by atoms with Crippen molar-refractivity contribution in [2.75, 3.05) is 6.61 Å². The predicted octanol–water partition coefficient (Wildman–Crippen LogP) is 4.69. The first-order valence-electron chi connectivity index (χ1n) is 6.47. The maximum absolute atomic E-state index is 13.4. The van der Waals surface area contributed by atoms with Crippen LogP contribution in [0, 0.1) is 5.82 Å². The molecule has 2 aromatic rings. The Morgan fingerprint density at radius 3 is 2.27 bits per heavy atom. The molecule has 0 atom stereocenters. The van der Waals surface area contributed by atoms with Crippen molar-refractivity contribution >= 4 is 5.97 Å². The lowest BCUT2D eigenvalue weighted by Crippen LogP contribution is -2.07. The number of esters is 1. The van der Waals surface area contributed by atoms with E-state index < -0.39 is 23.5 Å². The summed E-state index contributed by atoms with van der Waals surface area (Å²) in [6.07, 6.45) is -4.45. The van der Waals surface area contributed by atoms with Crippen LogP contribution in [0.15, 0.2) is 42.5 Å². The summed E-state index contributed by atoms with van der Waals surface area (Å²) in [5.74, 6) is -1.25. The molecule has 2 rings (SSSR count). The van der Waals surface area contributed by atoms with Gasteiger partial charge in [-0.05, 0) is 48.4 Å². The number of benzene rings is 2. The molecule has 2 nitrogen and oxygen atoms in total. The predicted molar refractivity (Wildman–Crippen MR) is 72.8 cm³/mol. The van der Waals surface area contributed by atoms with Gasteiger partial charge in [-0.1, -0.05) is 12.1 Å². The van der Waals surface area contributed by atoms with E-state index >= 15 is 0 Å². The Kier molecular flexibility index (Phi) is 4.49. The largest absolute Gasteiger partial charge is 0.462 e. The number of hydrogen-bond donors (Lipinski definition) is 0. The Balaban J connectivity index is 2.47. The third-order valence-electron chi connectivity index (χ3n) is 3.00. The van der Waals surface area contributed by atoms with Crippen molar-refractivity contribution in [3.8, 4) is 11.1 Å². The fourth-order valence-electron chi connectivity index (χ4n) is 1.98. The smallest absolute Gasteiger partial charge is 0.416 e. The number of hydrogen-bond acceptors (Lipinski definition) is 2. The molecule has 0 saturated carbocycles. The second-order valence-electron chi connectivity index (χ2n) is 4.49. The highest BCUT2D eigenvalue weighted by atomic mass is 19.4. The maximum Gasteiger partial charge on any atom is 0.416 e. The first kappa shape index (κ1) is 16.0. The highest BCUT2D eigenvalue weighted by Gasteiger charge is 2.30. The molecule has 6 heteroatoms. The van der Waals surface area contributed by atoms with Gasteiger partial charge in [-0.3, -0.25) is 0 Å². The molecule has 0 aromatic heterocycles. The van der Waals surface area contributed by atoms with Gasteiger partial charge in [0.1, 0.15) is 5.82 Å². The number of carbonyl (C=O) groups is 1. The first-order chi connectivity index (χ1) is 10.3. The van der Waals surface area contributed by atoms with E-state index in [1.165, 1.54) is 18.2 Å². The van der Waals surface area contributed by atoms with E-state index in [9.17, 15) is 22.4 Å². The van der Waals surface area contributed by atoms with Crippen LogP contribution < -0.4 is 0 Å². The van der Waals surface area contributed by atoms with E-state index in [4.69, 9.17) is 4.74 Å². The SMILES string of the molecule is CCOC(=O)c1ccc(F)cc1-c1ccc(C(F)(F)F)cc1. The van der Waals surface area contributed by atoms with Crippen molar-refractivity contribution in [2.24, 2.45) is 0 Å². The van der Waals surface area contributed by atoms with Gasteiger partial charge >= 0.3 is 12.1 Å². The third kappa shape index (κ3) is 3.44. The number of halogens is 4. The van der Waals surface area contributed by atoms with E-state index in [1.54, 1.807) is 6.92 Å². The molecule has 0 N–H and O–H groups in total. The quantitative estimate of drug-likeness (QED) is 0.607. The fourth-order valence-corrected chi connectivity index (χ4v) is 1.98. The van der Waals surface area contributed by atoms with Crippen LogP contribution >= 0.6 is 0 Å². The highest BCUT2D eigenvalue weighted by Crippen LogP contribution is 2.32. The van der Waals surface area contributed by atoms with Gasteiger partial charge in [0, 0.05) is 0 Å². The minimum absolute atomic E-state index is 0.100. The molecular weight excluding hydrogens is 300 g/mol. The third-order valence-corrected chi connectivity index (χ3v) is 3.00. The van der Waals surface area contributed by atoms with Crippen LogP contribution in [0.3, 0.4) is 0 Å². The summed E-state index contributed by atoms with van der Waals surface area (Å²) in [4.78, 5) is 11.9. The van der Waals surface area contributed by atoms with Crippen LogP contribution in [-0.2, 0) is 10.9 Å². The molecule has 0 heterocycles. The van der Waals surface area contributed by atoms with Gasteiger partial charge in [0.25, 0.3) is 0 Å². The van der Waals surface area contributed by atoms with Gasteiger partial charge in [0.05, 0.1) is 17.7 Å². The highest BCUT2D eigenvalue weighted by molar-refractivity contribution is 5.97.